The van der Waals surface area contributed by atoms with Crippen molar-refractivity contribution < 1.29 is 14.6 Å². The van der Waals surface area contributed by atoms with E-state index in [-0.39, 0.29) is 18.0 Å². The molecule has 1 saturated heterocycles. The minimum atomic E-state index is -0.248. The highest BCUT2D eigenvalue weighted by Crippen LogP contribution is 2.40. The van der Waals surface area contributed by atoms with Crippen LogP contribution in [0.5, 0.6) is 5.88 Å². The first-order valence-corrected chi connectivity index (χ1v) is 8.45. The normalized spacial score (nSPS) is 18.7. The number of piperidine rings is 1. The number of likely N-dealkylation sites (tertiary alicyclic amines) is 1. The van der Waals surface area contributed by atoms with Crippen LogP contribution in [0.3, 0.4) is 0 Å². The summed E-state index contributed by atoms with van der Waals surface area (Å²) in [5.41, 5.74) is 0. The summed E-state index contributed by atoms with van der Waals surface area (Å²) in [6, 6.07) is 3.57. The number of aliphatic hydroxyl groups is 1. The van der Waals surface area contributed by atoms with Gasteiger partial charge in [-0.15, -0.1) is 5.10 Å². The van der Waals surface area contributed by atoms with Gasteiger partial charge in [0, 0.05) is 13.1 Å². The van der Waals surface area contributed by atoms with Gasteiger partial charge in [-0.1, -0.05) is 11.3 Å². The smallest absolute Gasteiger partial charge is 0.230 e. The number of hydrogen-bond acceptors (Lipinski definition) is 7. The number of fused-ring (bicyclic) bond motifs is 1. The number of aliphatic hydroxyl groups excluding tert-OH is 1. The molecule has 0 saturated carbocycles. The first-order chi connectivity index (χ1) is 11.1. The lowest BCUT2D eigenvalue weighted by molar-refractivity contribution is 0.0644. The molecule has 3 aromatic heterocycles. The molecule has 1 aliphatic rings. The second-order valence-corrected chi connectivity index (χ2v) is 6.84. The molecule has 0 aliphatic carbocycles. The zero-order valence-electron chi connectivity index (χ0n) is 12.7. The quantitative estimate of drug-likeness (QED) is 0.761. The number of aromatic nitrogens is 3. The van der Waals surface area contributed by atoms with Crippen molar-refractivity contribution in [1.29, 1.82) is 0 Å². The van der Waals surface area contributed by atoms with Gasteiger partial charge in [0.15, 0.2) is 0 Å². The van der Waals surface area contributed by atoms with Gasteiger partial charge < -0.3 is 14.6 Å². The number of rotatable bonds is 3. The molecule has 0 radical (unpaired) electrons. The molecule has 0 spiro atoms. The first-order valence-electron chi connectivity index (χ1n) is 7.64. The highest BCUT2D eigenvalue weighted by atomic mass is 32.1. The molecule has 0 aromatic carbocycles. The third-order valence-electron chi connectivity index (χ3n) is 4.23. The maximum atomic E-state index is 10.6. The molecule has 1 unspecified atom stereocenters. The van der Waals surface area contributed by atoms with Crippen molar-refractivity contribution in [3.8, 4) is 5.88 Å². The summed E-state index contributed by atoms with van der Waals surface area (Å²) >= 11 is 1.42. The maximum Gasteiger partial charge on any atom is 0.230 e. The van der Waals surface area contributed by atoms with Crippen LogP contribution in [-0.2, 0) is 0 Å². The summed E-state index contributed by atoms with van der Waals surface area (Å²) in [6.45, 7) is 3.30. The molecule has 23 heavy (non-hydrogen) atoms. The van der Waals surface area contributed by atoms with Gasteiger partial charge in [-0.3, -0.25) is 4.90 Å². The minimum absolute atomic E-state index is 0.109. The predicted molar refractivity (Wildman–Crippen MR) is 84.6 cm³/mol. The Hall–Kier alpha value is -1.90. The molecular formula is C15H18N4O3S. The second-order valence-electron chi connectivity index (χ2n) is 5.83. The molecule has 122 valence electrons. The van der Waals surface area contributed by atoms with Crippen LogP contribution >= 0.6 is 11.3 Å². The van der Waals surface area contributed by atoms with Gasteiger partial charge in [0.2, 0.25) is 10.8 Å². The highest BCUT2D eigenvalue weighted by molar-refractivity contribution is 7.17. The second kappa shape index (κ2) is 5.63. The van der Waals surface area contributed by atoms with Crippen molar-refractivity contribution in [2.45, 2.75) is 31.9 Å². The number of aromatic hydroxyl groups is 1. The van der Waals surface area contributed by atoms with Gasteiger partial charge in [-0.2, -0.15) is 4.52 Å². The Morgan fingerprint density at radius 3 is 2.83 bits per heavy atom. The maximum absolute atomic E-state index is 10.6. The van der Waals surface area contributed by atoms with Gasteiger partial charge in [-0.25, -0.2) is 4.98 Å². The summed E-state index contributed by atoms with van der Waals surface area (Å²) < 4.78 is 7.10. The molecular weight excluding hydrogens is 316 g/mol. The Bertz CT molecular complexity index is 802. The van der Waals surface area contributed by atoms with Crippen LogP contribution in [0, 0.1) is 6.92 Å². The van der Waals surface area contributed by atoms with Gasteiger partial charge in [0.25, 0.3) is 0 Å². The highest BCUT2D eigenvalue weighted by Gasteiger charge is 2.33. The Kier molecular flexibility index (Phi) is 3.59. The third-order valence-corrected chi connectivity index (χ3v) is 5.30. The molecule has 1 fully saturated rings. The Morgan fingerprint density at radius 2 is 2.17 bits per heavy atom. The van der Waals surface area contributed by atoms with Gasteiger partial charge in [0.1, 0.15) is 17.6 Å². The first kappa shape index (κ1) is 14.7. The van der Waals surface area contributed by atoms with E-state index in [9.17, 15) is 10.2 Å². The fraction of sp³-hybridized carbons (Fsp3) is 0.467. The van der Waals surface area contributed by atoms with E-state index in [0.717, 1.165) is 36.6 Å². The SMILES string of the molecule is Cc1nc2sc(C(c3ccco3)N3CCC(O)CC3)c(O)n2n1. The molecule has 0 bridgehead atoms. The van der Waals surface area contributed by atoms with E-state index in [4.69, 9.17) is 4.42 Å². The van der Waals surface area contributed by atoms with Crippen LogP contribution < -0.4 is 0 Å². The molecule has 4 rings (SSSR count). The Morgan fingerprint density at radius 1 is 1.39 bits per heavy atom. The van der Waals surface area contributed by atoms with E-state index >= 15 is 0 Å². The monoisotopic (exact) mass is 334 g/mol. The number of aryl methyl sites for hydroxylation is 1. The van der Waals surface area contributed by atoms with Crippen molar-refractivity contribution in [2.75, 3.05) is 13.1 Å². The molecule has 0 amide bonds. The summed E-state index contributed by atoms with van der Waals surface area (Å²) in [5.74, 6) is 1.52. The van der Waals surface area contributed by atoms with E-state index in [1.807, 2.05) is 12.1 Å². The van der Waals surface area contributed by atoms with E-state index in [1.54, 1.807) is 13.2 Å². The predicted octanol–water partition coefficient (Wildman–Crippen LogP) is 1.94. The molecule has 3 aromatic rings. The van der Waals surface area contributed by atoms with Crippen molar-refractivity contribution in [1.82, 2.24) is 19.5 Å². The fourth-order valence-electron chi connectivity index (χ4n) is 3.09. The molecule has 8 heteroatoms. The van der Waals surface area contributed by atoms with Crippen molar-refractivity contribution in [3.05, 3.63) is 34.9 Å². The number of hydrogen-bond donors (Lipinski definition) is 2. The summed E-state index contributed by atoms with van der Waals surface area (Å²) in [7, 11) is 0. The number of thiazole rings is 1. The van der Waals surface area contributed by atoms with Gasteiger partial charge in [-0.05, 0) is 31.9 Å². The average Bonchev–Trinajstić information content (AvgIpc) is 3.22. The summed E-state index contributed by atoms with van der Waals surface area (Å²) in [5, 5.41) is 24.6. The standard InChI is InChI=1S/C15H18N4O3S/c1-9-16-15-19(17-9)14(21)13(23-15)12(11-3-2-8-22-11)18-6-4-10(20)5-7-18/h2-3,8,10,12,20-21H,4-7H2,1H3. The zero-order valence-corrected chi connectivity index (χ0v) is 13.5. The molecule has 4 heterocycles. The van der Waals surface area contributed by atoms with Crippen LogP contribution in [0.4, 0.5) is 0 Å². The lowest BCUT2D eigenvalue weighted by Crippen LogP contribution is -2.38. The van der Waals surface area contributed by atoms with Gasteiger partial charge in [0.05, 0.1) is 17.2 Å². The van der Waals surface area contributed by atoms with E-state index < -0.39 is 0 Å². The number of nitrogens with zero attached hydrogens (tertiary/aromatic N) is 4. The van der Waals surface area contributed by atoms with Crippen molar-refractivity contribution in [3.63, 3.8) is 0 Å². The van der Waals surface area contributed by atoms with Crippen LogP contribution in [0.2, 0.25) is 0 Å². The van der Waals surface area contributed by atoms with Gasteiger partial charge >= 0.3 is 0 Å². The van der Waals surface area contributed by atoms with Crippen LogP contribution in [0.15, 0.2) is 22.8 Å². The van der Waals surface area contributed by atoms with Crippen molar-refractivity contribution >= 4 is 16.3 Å². The lowest BCUT2D eigenvalue weighted by Gasteiger charge is -2.34. The fourth-order valence-corrected chi connectivity index (χ4v) is 4.23. The molecule has 7 nitrogen and oxygen atoms in total. The summed E-state index contributed by atoms with van der Waals surface area (Å²) in [4.78, 5) is 8.00. The van der Waals surface area contributed by atoms with Crippen molar-refractivity contribution in [2.24, 2.45) is 0 Å². The van der Waals surface area contributed by atoms with E-state index in [2.05, 4.69) is 15.0 Å². The largest absolute Gasteiger partial charge is 0.492 e. The van der Waals surface area contributed by atoms with E-state index in [0.29, 0.717) is 10.8 Å². The van der Waals surface area contributed by atoms with Crippen LogP contribution in [0.25, 0.3) is 4.96 Å². The third kappa shape index (κ3) is 2.52. The molecule has 1 atom stereocenters. The average molecular weight is 334 g/mol. The minimum Gasteiger partial charge on any atom is -0.492 e. The topological polar surface area (TPSA) is 87.0 Å². The molecule has 1 aliphatic heterocycles. The number of furan rings is 1. The van der Waals surface area contributed by atoms with E-state index in [1.165, 1.54) is 15.9 Å². The molecule has 2 N–H and O–H groups in total. The lowest BCUT2D eigenvalue weighted by atomic mass is 10.0. The Labute approximate surface area is 136 Å². The van der Waals surface area contributed by atoms with Crippen LogP contribution in [-0.4, -0.2) is 48.9 Å². The Balaban J connectivity index is 1.77. The van der Waals surface area contributed by atoms with Crippen LogP contribution in [0.1, 0.15) is 35.3 Å². The zero-order chi connectivity index (χ0) is 16.0. The summed E-state index contributed by atoms with van der Waals surface area (Å²) in [6.07, 6.45) is 2.83.